The second-order valence-electron chi connectivity index (χ2n) is 3.44. The van der Waals surface area contributed by atoms with Crippen LogP contribution in [0.2, 0.25) is 0 Å². The van der Waals surface area contributed by atoms with Gasteiger partial charge in [-0.15, -0.1) is 0 Å². The van der Waals surface area contributed by atoms with Gasteiger partial charge >= 0.3 is 0 Å². The molecule has 2 heterocycles. The molecule has 0 atom stereocenters. The lowest BCUT2D eigenvalue weighted by Crippen LogP contribution is -2.20. The quantitative estimate of drug-likeness (QED) is 0.679. The molecule has 6 nitrogen and oxygen atoms in total. The predicted molar refractivity (Wildman–Crippen MR) is 63.2 cm³/mol. The molecule has 2 aromatic rings. The molecule has 1 amide bonds. The van der Waals surface area contributed by atoms with Crippen molar-refractivity contribution < 1.29 is 4.79 Å². The van der Waals surface area contributed by atoms with Gasteiger partial charge in [0.2, 0.25) is 5.56 Å². The summed E-state index contributed by atoms with van der Waals surface area (Å²) in [5.74, 6) is -0.720. The summed E-state index contributed by atoms with van der Waals surface area (Å²) in [5, 5.41) is 0. The molecule has 0 radical (unpaired) electrons. The third-order valence-corrected chi connectivity index (χ3v) is 2.31. The van der Waals surface area contributed by atoms with Crippen molar-refractivity contribution in [3.05, 3.63) is 46.5 Å². The molecule has 86 valence electrons. The number of H-pyrrole nitrogens is 1. The van der Waals surface area contributed by atoms with Gasteiger partial charge in [-0.3, -0.25) is 14.6 Å². The number of nitrogens with zero attached hydrogens (tertiary/aromatic N) is 1. The second-order valence-corrected chi connectivity index (χ2v) is 3.44. The molecule has 0 bridgehead atoms. The van der Waals surface area contributed by atoms with Crippen LogP contribution < -0.4 is 17.0 Å². The third-order valence-electron chi connectivity index (χ3n) is 2.31. The molecule has 0 spiro atoms. The van der Waals surface area contributed by atoms with Crippen LogP contribution in [0.4, 0.5) is 5.82 Å². The highest BCUT2D eigenvalue weighted by atomic mass is 16.1. The van der Waals surface area contributed by atoms with Crippen LogP contribution in [-0.2, 0) is 0 Å². The SMILES string of the molecule is NC(=O)c1c(-c2ccncc2)cc(=O)[nH]c1N. The maximum absolute atomic E-state index is 11.4. The number of nitrogens with two attached hydrogens (primary N) is 2. The summed E-state index contributed by atoms with van der Waals surface area (Å²) in [5.41, 5.74) is 11.6. The Hall–Kier alpha value is -2.63. The minimum Gasteiger partial charge on any atom is -0.385 e. The van der Waals surface area contributed by atoms with Crippen molar-refractivity contribution in [1.29, 1.82) is 0 Å². The lowest BCUT2D eigenvalue weighted by atomic mass is 10.0. The van der Waals surface area contributed by atoms with Crippen molar-refractivity contribution >= 4 is 11.7 Å². The van der Waals surface area contributed by atoms with Gasteiger partial charge in [0.05, 0.1) is 5.56 Å². The molecule has 5 N–H and O–H groups in total. The Labute approximate surface area is 96.3 Å². The minimum absolute atomic E-state index is 0.0307. The number of rotatable bonds is 2. The number of pyridine rings is 2. The lowest BCUT2D eigenvalue weighted by Gasteiger charge is -2.08. The first-order valence-electron chi connectivity index (χ1n) is 4.82. The van der Waals surface area contributed by atoms with Gasteiger partial charge in [0, 0.05) is 24.0 Å². The highest BCUT2D eigenvalue weighted by Crippen LogP contribution is 2.23. The third kappa shape index (κ3) is 2.00. The van der Waals surface area contributed by atoms with Crippen LogP contribution >= 0.6 is 0 Å². The zero-order valence-electron chi connectivity index (χ0n) is 8.81. The topological polar surface area (TPSA) is 115 Å². The number of anilines is 1. The normalized spacial score (nSPS) is 10.1. The molecule has 2 rings (SSSR count). The number of carbonyl (C=O) groups excluding carboxylic acids is 1. The average Bonchev–Trinajstić information content (AvgIpc) is 2.28. The van der Waals surface area contributed by atoms with Crippen molar-refractivity contribution in [2.75, 3.05) is 5.73 Å². The molecule has 0 fully saturated rings. The Morgan fingerprint density at radius 3 is 2.53 bits per heavy atom. The number of carbonyl (C=O) groups is 1. The fourth-order valence-corrected chi connectivity index (χ4v) is 1.60. The fraction of sp³-hybridized carbons (Fsp3) is 0. The van der Waals surface area contributed by atoms with E-state index in [4.69, 9.17) is 11.5 Å². The van der Waals surface area contributed by atoms with E-state index < -0.39 is 5.91 Å². The van der Waals surface area contributed by atoms with Gasteiger partial charge in [-0.05, 0) is 17.7 Å². The summed E-state index contributed by atoms with van der Waals surface area (Å²) in [6, 6.07) is 4.62. The van der Waals surface area contributed by atoms with Gasteiger partial charge in [-0.25, -0.2) is 0 Å². The van der Waals surface area contributed by atoms with Crippen LogP contribution in [0.25, 0.3) is 11.1 Å². The number of nitrogen functional groups attached to an aromatic ring is 1. The van der Waals surface area contributed by atoms with Crippen LogP contribution in [0.5, 0.6) is 0 Å². The van der Waals surface area contributed by atoms with Crippen molar-refractivity contribution in [1.82, 2.24) is 9.97 Å². The smallest absolute Gasteiger partial charge is 0.253 e. The van der Waals surface area contributed by atoms with Crippen LogP contribution in [0, 0.1) is 0 Å². The van der Waals surface area contributed by atoms with E-state index in [1.807, 2.05) is 0 Å². The van der Waals surface area contributed by atoms with Gasteiger partial charge in [-0.1, -0.05) is 0 Å². The Morgan fingerprint density at radius 2 is 1.94 bits per heavy atom. The number of primary amides is 1. The molecule has 0 aliphatic heterocycles. The molecule has 0 saturated heterocycles. The maximum Gasteiger partial charge on any atom is 0.253 e. The number of aromatic nitrogens is 2. The monoisotopic (exact) mass is 230 g/mol. The van der Waals surface area contributed by atoms with Crippen LogP contribution in [0.15, 0.2) is 35.4 Å². The first-order chi connectivity index (χ1) is 8.09. The summed E-state index contributed by atoms with van der Waals surface area (Å²) in [6.07, 6.45) is 3.11. The van der Waals surface area contributed by atoms with E-state index in [9.17, 15) is 9.59 Å². The Bertz CT molecular complexity index is 619. The molecule has 17 heavy (non-hydrogen) atoms. The van der Waals surface area contributed by atoms with Crippen LogP contribution in [-0.4, -0.2) is 15.9 Å². The van der Waals surface area contributed by atoms with Gasteiger partial charge in [0.25, 0.3) is 5.91 Å². The fourth-order valence-electron chi connectivity index (χ4n) is 1.60. The number of hydrogen-bond donors (Lipinski definition) is 3. The minimum atomic E-state index is -0.689. The zero-order chi connectivity index (χ0) is 12.4. The molecule has 0 saturated carbocycles. The Kier molecular flexibility index (Phi) is 2.61. The molecule has 0 aromatic carbocycles. The molecule has 0 aliphatic rings. The number of hydrogen-bond acceptors (Lipinski definition) is 4. The van der Waals surface area contributed by atoms with E-state index >= 15 is 0 Å². The highest BCUT2D eigenvalue weighted by Gasteiger charge is 2.15. The zero-order valence-corrected chi connectivity index (χ0v) is 8.81. The first kappa shape index (κ1) is 10.9. The van der Waals surface area contributed by atoms with Crippen LogP contribution in [0.3, 0.4) is 0 Å². The summed E-state index contributed by atoms with van der Waals surface area (Å²) in [4.78, 5) is 28.9. The largest absolute Gasteiger partial charge is 0.385 e. The van der Waals surface area contributed by atoms with Crippen molar-refractivity contribution in [3.8, 4) is 11.1 Å². The van der Waals surface area contributed by atoms with Gasteiger partial charge < -0.3 is 16.5 Å². The number of aromatic amines is 1. The standard InChI is InChI=1S/C11H10N4O2/c12-10-9(11(13)17)7(5-8(16)15-10)6-1-3-14-4-2-6/h1-5H,(H2,13,17)(H3,12,15,16). The van der Waals surface area contributed by atoms with E-state index in [1.54, 1.807) is 24.5 Å². The molecule has 0 unspecified atom stereocenters. The second kappa shape index (κ2) is 4.09. The molecular weight excluding hydrogens is 220 g/mol. The summed E-state index contributed by atoms with van der Waals surface area (Å²) < 4.78 is 0. The Morgan fingerprint density at radius 1 is 1.29 bits per heavy atom. The highest BCUT2D eigenvalue weighted by molar-refractivity contribution is 6.03. The van der Waals surface area contributed by atoms with E-state index in [1.165, 1.54) is 6.07 Å². The molecule has 6 heteroatoms. The maximum atomic E-state index is 11.4. The van der Waals surface area contributed by atoms with E-state index in [2.05, 4.69) is 9.97 Å². The lowest BCUT2D eigenvalue weighted by molar-refractivity contribution is 0.100. The predicted octanol–water partition coefficient (Wildman–Crippen LogP) is 0.118. The Balaban J connectivity index is 2.77. The summed E-state index contributed by atoms with van der Waals surface area (Å²) >= 11 is 0. The molecular formula is C11H10N4O2. The number of nitrogens with one attached hydrogen (secondary N) is 1. The molecule has 2 aromatic heterocycles. The van der Waals surface area contributed by atoms with Crippen molar-refractivity contribution in [2.45, 2.75) is 0 Å². The van der Waals surface area contributed by atoms with Crippen LogP contribution in [0.1, 0.15) is 10.4 Å². The summed E-state index contributed by atoms with van der Waals surface area (Å²) in [7, 11) is 0. The van der Waals surface area contributed by atoms with E-state index in [0.29, 0.717) is 11.1 Å². The van der Waals surface area contributed by atoms with Crippen molar-refractivity contribution in [2.24, 2.45) is 5.73 Å². The first-order valence-corrected chi connectivity index (χ1v) is 4.82. The van der Waals surface area contributed by atoms with Gasteiger partial charge in [0.15, 0.2) is 0 Å². The number of amides is 1. The van der Waals surface area contributed by atoms with Gasteiger partial charge in [0.1, 0.15) is 5.82 Å². The van der Waals surface area contributed by atoms with Crippen molar-refractivity contribution in [3.63, 3.8) is 0 Å². The summed E-state index contributed by atoms with van der Waals surface area (Å²) in [6.45, 7) is 0. The van der Waals surface area contributed by atoms with Gasteiger partial charge in [-0.2, -0.15) is 0 Å². The average molecular weight is 230 g/mol. The van der Waals surface area contributed by atoms with E-state index in [-0.39, 0.29) is 16.9 Å². The van der Waals surface area contributed by atoms with E-state index in [0.717, 1.165) is 0 Å². The molecule has 0 aliphatic carbocycles.